The number of nitro benzene ring substituents is 1. The lowest BCUT2D eigenvalue weighted by molar-refractivity contribution is -0.387. The fourth-order valence-corrected chi connectivity index (χ4v) is 3.50. The van der Waals surface area contributed by atoms with Gasteiger partial charge in [0.2, 0.25) is 0 Å². The summed E-state index contributed by atoms with van der Waals surface area (Å²) in [5.74, 6) is 0. The molecule has 9 heteroatoms. The maximum atomic E-state index is 12.3. The number of nitrogens with one attached hydrogen (secondary N) is 1. The zero-order valence-electron chi connectivity index (χ0n) is 10.3. The molecule has 0 bridgehead atoms. The minimum Gasteiger partial charge on any atom is -0.278 e. The van der Waals surface area contributed by atoms with Gasteiger partial charge in [-0.1, -0.05) is 23.7 Å². The normalized spacial score (nSPS) is 11.1. The van der Waals surface area contributed by atoms with Gasteiger partial charge in [0.15, 0.2) is 4.90 Å². The second kappa shape index (κ2) is 6.00. The molecule has 21 heavy (non-hydrogen) atoms. The van der Waals surface area contributed by atoms with Crippen molar-refractivity contribution in [3.05, 3.63) is 62.1 Å². The molecule has 0 aliphatic heterocycles. The number of nitrogens with zero attached hydrogens (tertiary/aromatic N) is 1. The molecule has 0 saturated heterocycles. The van der Waals surface area contributed by atoms with Crippen molar-refractivity contribution in [2.24, 2.45) is 0 Å². The van der Waals surface area contributed by atoms with Gasteiger partial charge >= 0.3 is 0 Å². The Balaban J connectivity index is 2.49. The van der Waals surface area contributed by atoms with Crippen LogP contribution in [-0.4, -0.2) is 13.3 Å². The number of rotatable bonds is 4. The Morgan fingerprint density at radius 1 is 1.19 bits per heavy atom. The van der Waals surface area contributed by atoms with Crippen molar-refractivity contribution >= 4 is 48.9 Å². The predicted molar refractivity (Wildman–Crippen MR) is 83.1 cm³/mol. The average molecular weight is 392 g/mol. The van der Waals surface area contributed by atoms with Crippen molar-refractivity contribution in [2.75, 3.05) is 4.72 Å². The molecule has 0 aliphatic rings. The lowest BCUT2D eigenvalue weighted by atomic mass is 10.3. The van der Waals surface area contributed by atoms with E-state index in [0.29, 0.717) is 9.50 Å². The molecule has 0 atom stereocenters. The largest absolute Gasteiger partial charge is 0.289 e. The van der Waals surface area contributed by atoms with E-state index in [0.717, 1.165) is 6.07 Å². The van der Waals surface area contributed by atoms with E-state index in [1.807, 2.05) is 0 Å². The van der Waals surface area contributed by atoms with Crippen LogP contribution in [0.15, 0.2) is 51.8 Å². The van der Waals surface area contributed by atoms with Gasteiger partial charge in [0.05, 0.1) is 10.6 Å². The van der Waals surface area contributed by atoms with Gasteiger partial charge in [-0.15, -0.1) is 0 Å². The fraction of sp³-hybridized carbons (Fsp3) is 0. The number of para-hydroxylation sites is 1. The van der Waals surface area contributed by atoms with E-state index >= 15 is 0 Å². The summed E-state index contributed by atoms with van der Waals surface area (Å²) in [5.41, 5.74) is -0.302. The van der Waals surface area contributed by atoms with Gasteiger partial charge in [0.1, 0.15) is 0 Å². The highest BCUT2D eigenvalue weighted by Crippen LogP contribution is 2.30. The van der Waals surface area contributed by atoms with Gasteiger partial charge in [0.25, 0.3) is 15.7 Å². The molecule has 0 heterocycles. The Bertz CT molecular complexity index is 811. The highest BCUT2D eigenvalue weighted by Gasteiger charge is 2.25. The molecule has 2 aromatic carbocycles. The van der Waals surface area contributed by atoms with E-state index in [1.54, 1.807) is 12.1 Å². The standard InChI is InChI=1S/C12H8BrClN2O4S/c13-9-6-5-8(14)7-10(9)15-21(19,20)12-4-2-1-3-11(12)16(17)18/h1-7,15H. The quantitative estimate of drug-likeness (QED) is 0.634. The number of sulfonamides is 1. The maximum Gasteiger partial charge on any atom is 0.289 e. The van der Waals surface area contributed by atoms with E-state index in [1.165, 1.54) is 24.3 Å². The van der Waals surface area contributed by atoms with Crippen LogP contribution in [0.2, 0.25) is 5.02 Å². The molecule has 0 aromatic heterocycles. The summed E-state index contributed by atoms with van der Waals surface area (Å²) in [6, 6.07) is 9.65. The summed E-state index contributed by atoms with van der Waals surface area (Å²) in [6.45, 7) is 0. The first-order valence-electron chi connectivity index (χ1n) is 5.52. The van der Waals surface area contributed by atoms with Gasteiger partial charge in [-0.25, -0.2) is 8.42 Å². The summed E-state index contributed by atoms with van der Waals surface area (Å²) in [6.07, 6.45) is 0. The molecule has 0 amide bonds. The average Bonchev–Trinajstić information content (AvgIpc) is 2.42. The monoisotopic (exact) mass is 390 g/mol. The molecule has 0 aliphatic carbocycles. The second-order valence-corrected chi connectivity index (χ2v) is 6.90. The van der Waals surface area contributed by atoms with Crippen LogP contribution in [0.3, 0.4) is 0 Å². The van der Waals surface area contributed by atoms with Crippen LogP contribution in [-0.2, 0) is 10.0 Å². The number of hydrogen-bond acceptors (Lipinski definition) is 4. The van der Waals surface area contributed by atoms with Crippen molar-refractivity contribution in [1.82, 2.24) is 0 Å². The van der Waals surface area contributed by atoms with Crippen molar-refractivity contribution in [3.8, 4) is 0 Å². The van der Waals surface area contributed by atoms with E-state index in [9.17, 15) is 18.5 Å². The van der Waals surface area contributed by atoms with Crippen LogP contribution in [0.4, 0.5) is 11.4 Å². The minimum atomic E-state index is -4.11. The number of anilines is 1. The first kappa shape index (κ1) is 15.7. The van der Waals surface area contributed by atoms with E-state index in [-0.39, 0.29) is 5.69 Å². The molecule has 0 radical (unpaired) electrons. The summed E-state index contributed by atoms with van der Waals surface area (Å²) in [5, 5.41) is 11.3. The van der Waals surface area contributed by atoms with Crippen LogP contribution in [0.25, 0.3) is 0 Å². The number of hydrogen-bond donors (Lipinski definition) is 1. The Morgan fingerprint density at radius 3 is 2.52 bits per heavy atom. The minimum absolute atomic E-state index is 0.195. The van der Waals surface area contributed by atoms with Gasteiger partial charge in [-0.3, -0.25) is 14.8 Å². The fourth-order valence-electron chi connectivity index (χ4n) is 1.61. The van der Waals surface area contributed by atoms with Crippen LogP contribution >= 0.6 is 27.5 Å². The molecule has 2 aromatic rings. The third kappa shape index (κ3) is 3.52. The molecule has 1 N–H and O–H groups in total. The Labute approximate surface area is 134 Å². The Kier molecular flexibility index (Phi) is 4.50. The number of benzene rings is 2. The third-order valence-corrected chi connectivity index (χ3v) is 4.86. The van der Waals surface area contributed by atoms with Crippen molar-refractivity contribution in [2.45, 2.75) is 4.90 Å². The third-order valence-electron chi connectivity index (χ3n) is 2.52. The van der Waals surface area contributed by atoms with Crippen LogP contribution < -0.4 is 4.72 Å². The SMILES string of the molecule is O=[N+]([O-])c1ccccc1S(=O)(=O)Nc1cc(Cl)ccc1Br. The summed E-state index contributed by atoms with van der Waals surface area (Å²) < 4.78 is 27.4. The van der Waals surface area contributed by atoms with E-state index in [4.69, 9.17) is 11.6 Å². The Hall–Kier alpha value is -1.64. The first-order valence-corrected chi connectivity index (χ1v) is 8.18. The van der Waals surface area contributed by atoms with E-state index < -0.39 is 25.5 Å². The lowest BCUT2D eigenvalue weighted by Gasteiger charge is -2.10. The molecule has 110 valence electrons. The van der Waals surface area contributed by atoms with Crippen LogP contribution in [0, 0.1) is 10.1 Å². The molecule has 6 nitrogen and oxygen atoms in total. The number of nitro groups is 1. The van der Waals surface area contributed by atoms with Crippen molar-refractivity contribution in [1.29, 1.82) is 0 Å². The zero-order valence-corrected chi connectivity index (χ0v) is 13.4. The summed E-state index contributed by atoms with van der Waals surface area (Å²) in [4.78, 5) is 9.76. The van der Waals surface area contributed by atoms with Gasteiger partial charge < -0.3 is 0 Å². The summed E-state index contributed by atoms with van der Waals surface area (Å²) in [7, 11) is -4.11. The molecule has 0 saturated carbocycles. The van der Waals surface area contributed by atoms with Gasteiger partial charge in [-0.2, -0.15) is 0 Å². The molecule has 0 unspecified atom stereocenters. The van der Waals surface area contributed by atoms with E-state index in [2.05, 4.69) is 20.7 Å². The topological polar surface area (TPSA) is 89.3 Å². The van der Waals surface area contributed by atoms with Gasteiger partial charge in [0, 0.05) is 15.6 Å². The molecule has 0 fully saturated rings. The Morgan fingerprint density at radius 2 is 1.86 bits per heavy atom. The molecular formula is C12H8BrClN2O4S. The first-order chi connectivity index (χ1) is 9.81. The highest BCUT2D eigenvalue weighted by molar-refractivity contribution is 9.10. The molecular weight excluding hydrogens is 384 g/mol. The predicted octanol–water partition coefficient (Wildman–Crippen LogP) is 3.81. The van der Waals surface area contributed by atoms with Crippen LogP contribution in [0.1, 0.15) is 0 Å². The van der Waals surface area contributed by atoms with Crippen molar-refractivity contribution < 1.29 is 13.3 Å². The smallest absolute Gasteiger partial charge is 0.278 e. The number of halogens is 2. The molecule has 0 spiro atoms. The second-order valence-electron chi connectivity index (χ2n) is 3.95. The lowest BCUT2D eigenvalue weighted by Crippen LogP contribution is -2.15. The maximum absolute atomic E-state index is 12.3. The zero-order chi connectivity index (χ0) is 15.6. The highest BCUT2D eigenvalue weighted by atomic mass is 79.9. The van der Waals surface area contributed by atoms with Crippen molar-refractivity contribution in [3.63, 3.8) is 0 Å². The summed E-state index contributed by atoms with van der Waals surface area (Å²) >= 11 is 8.99. The van der Waals surface area contributed by atoms with Gasteiger partial charge in [-0.05, 0) is 40.2 Å². The van der Waals surface area contributed by atoms with Crippen LogP contribution in [0.5, 0.6) is 0 Å². The molecule has 2 rings (SSSR count).